The average Bonchev–Trinajstić information content (AvgIpc) is 3.72. The van der Waals surface area contributed by atoms with Crippen LogP contribution in [0, 0.1) is 12.8 Å². The Morgan fingerprint density at radius 1 is 0.823 bits per heavy atom. The number of halogens is 3. The first-order chi connectivity index (χ1) is 29.7. The second-order valence-corrected chi connectivity index (χ2v) is 17.5. The highest BCUT2D eigenvalue weighted by Gasteiger charge is 2.35. The van der Waals surface area contributed by atoms with Crippen LogP contribution < -0.4 is 10.6 Å². The van der Waals surface area contributed by atoms with Crippen molar-refractivity contribution in [2.45, 2.75) is 230 Å². The van der Waals surface area contributed by atoms with E-state index in [1.165, 1.54) is 109 Å². The maximum absolute atomic E-state index is 12.9. The lowest BCUT2D eigenvalue weighted by Gasteiger charge is -2.35. The predicted molar refractivity (Wildman–Crippen MR) is 268 cm³/mol. The first kappa shape index (κ1) is 61.9. The lowest BCUT2D eigenvalue weighted by Crippen LogP contribution is -2.41. The molecule has 3 heterocycles. The molecular formula is C52H97F3N4O2S. The number of nitrogens with zero attached hydrogens (tertiary/aromatic N) is 2. The molecule has 2 aliphatic rings. The monoisotopic (exact) mass is 899 g/mol. The number of alkyl halides is 3. The van der Waals surface area contributed by atoms with E-state index >= 15 is 0 Å². The molecule has 4 rings (SSSR count). The summed E-state index contributed by atoms with van der Waals surface area (Å²) in [6.07, 6.45) is 16.8. The zero-order chi connectivity index (χ0) is 47.5. The Hall–Kier alpha value is -2.14. The minimum absolute atomic E-state index is 0.110. The molecule has 0 spiro atoms. The number of benzene rings is 1. The summed E-state index contributed by atoms with van der Waals surface area (Å²) < 4.78 is 38.8. The van der Waals surface area contributed by atoms with Crippen molar-refractivity contribution in [3.63, 3.8) is 0 Å². The van der Waals surface area contributed by atoms with E-state index in [0.29, 0.717) is 12.0 Å². The van der Waals surface area contributed by atoms with Crippen molar-refractivity contribution in [3.05, 3.63) is 45.1 Å². The van der Waals surface area contributed by atoms with Crippen LogP contribution in [0.4, 0.5) is 24.5 Å². The Balaban J connectivity index is 0. The quantitative estimate of drug-likeness (QED) is 0.130. The molecular weight excluding hydrogens is 802 g/mol. The van der Waals surface area contributed by atoms with Gasteiger partial charge in [-0.15, -0.1) is 11.3 Å². The van der Waals surface area contributed by atoms with E-state index in [9.17, 15) is 23.1 Å². The van der Waals surface area contributed by atoms with E-state index in [0.717, 1.165) is 68.4 Å². The van der Waals surface area contributed by atoms with Gasteiger partial charge in [0, 0.05) is 43.7 Å². The van der Waals surface area contributed by atoms with E-state index in [2.05, 4.69) is 60.4 Å². The number of piperidine rings is 2. The number of thiophene rings is 1. The number of aliphatic hydroxyl groups is 1. The van der Waals surface area contributed by atoms with Gasteiger partial charge in [-0.3, -0.25) is 9.69 Å². The number of nitrogens with one attached hydrogen (secondary N) is 2. The Kier molecular flexibility index (Phi) is 38.1. The third kappa shape index (κ3) is 26.0. The van der Waals surface area contributed by atoms with Gasteiger partial charge < -0.3 is 20.6 Å². The summed E-state index contributed by atoms with van der Waals surface area (Å²) in [5.41, 5.74) is 3.29. The maximum Gasteiger partial charge on any atom is 0.418 e. The molecule has 0 bridgehead atoms. The van der Waals surface area contributed by atoms with Crippen LogP contribution in [0.25, 0.3) is 0 Å². The number of carbonyl (C=O) groups is 1. The van der Waals surface area contributed by atoms with Gasteiger partial charge in [0.25, 0.3) is 0 Å². The Bertz CT molecular complexity index is 1340. The second kappa shape index (κ2) is 38.2. The molecule has 1 aromatic heterocycles. The number of unbranched alkanes of at least 4 members (excludes halogenated alkanes) is 2. The highest BCUT2D eigenvalue weighted by atomic mass is 32.1. The first-order valence-corrected chi connectivity index (χ1v) is 26.0. The van der Waals surface area contributed by atoms with E-state index in [4.69, 9.17) is 0 Å². The number of likely N-dealkylation sites (tertiary alicyclic amines) is 2. The van der Waals surface area contributed by atoms with Crippen molar-refractivity contribution in [3.8, 4) is 0 Å². The van der Waals surface area contributed by atoms with E-state index in [1.54, 1.807) is 18.3 Å². The molecule has 3 unspecified atom stereocenters. The molecule has 2 fully saturated rings. The fourth-order valence-corrected chi connectivity index (χ4v) is 8.43. The van der Waals surface area contributed by atoms with E-state index in [1.807, 2.05) is 59.9 Å². The zero-order valence-electron chi connectivity index (χ0n) is 42.5. The summed E-state index contributed by atoms with van der Waals surface area (Å²) in [6.45, 7) is 31.6. The smallest absolute Gasteiger partial charge is 0.387 e. The van der Waals surface area contributed by atoms with Gasteiger partial charge in [0.05, 0.1) is 11.3 Å². The van der Waals surface area contributed by atoms with Gasteiger partial charge in [-0.2, -0.15) is 13.2 Å². The van der Waals surface area contributed by atoms with Crippen LogP contribution in [0.2, 0.25) is 0 Å². The van der Waals surface area contributed by atoms with Crippen LogP contribution in [-0.2, 0) is 17.4 Å². The summed E-state index contributed by atoms with van der Waals surface area (Å²) >= 11 is 1.65. The maximum atomic E-state index is 12.9. The summed E-state index contributed by atoms with van der Waals surface area (Å²) in [7, 11) is 1.53. The summed E-state index contributed by atoms with van der Waals surface area (Å²) in [4.78, 5) is 16.4. The number of anilines is 2. The fourth-order valence-electron chi connectivity index (χ4n) is 7.60. The normalized spacial score (nSPS) is 15.8. The molecule has 10 heteroatoms. The summed E-state index contributed by atoms with van der Waals surface area (Å²) in [5, 5.41) is 20.2. The Morgan fingerprint density at radius 2 is 1.42 bits per heavy atom. The van der Waals surface area contributed by atoms with Gasteiger partial charge in [0.1, 0.15) is 6.23 Å². The number of aryl methyl sites for hydroxylation is 2. The third-order valence-electron chi connectivity index (χ3n) is 11.5. The van der Waals surface area contributed by atoms with Gasteiger partial charge in [-0.1, -0.05) is 133 Å². The predicted octanol–water partition coefficient (Wildman–Crippen LogP) is 16.1. The number of hydrogen-bond acceptors (Lipinski definition) is 6. The van der Waals surface area contributed by atoms with Gasteiger partial charge >= 0.3 is 6.18 Å². The number of rotatable bonds is 18. The molecule has 3 atom stereocenters. The fraction of sp³-hybridized carbons (Fsp3) is 0.788. The Morgan fingerprint density at radius 3 is 1.92 bits per heavy atom. The molecule has 0 saturated carbocycles. The number of aliphatic hydroxyl groups excluding tert-OH is 1. The third-order valence-corrected chi connectivity index (χ3v) is 12.3. The van der Waals surface area contributed by atoms with Crippen molar-refractivity contribution in [2.75, 3.05) is 43.9 Å². The molecule has 3 N–H and O–H groups in total. The molecule has 2 saturated heterocycles. The van der Waals surface area contributed by atoms with Crippen LogP contribution in [0.1, 0.15) is 220 Å². The largest absolute Gasteiger partial charge is 0.418 e. The molecule has 2 aliphatic heterocycles. The number of carbonyl (C=O) groups excluding carboxylic acids is 1. The molecule has 1 amide bonds. The van der Waals surface area contributed by atoms with Crippen molar-refractivity contribution in [2.24, 2.45) is 5.92 Å². The Labute approximate surface area is 385 Å². The van der Waals surface area contributed by atoms with Crippen LogP contribution in [-0.4, -0.2) is 66.3 Å². The highest BCUT2D eigenvalue weighted by Crippen LogP contribution is 2.40. The molecule has 1 aromatic carbocycles. The van der Waals surface area contributed by atoms with Gasteiger partial charge in [0.2, 0.25) is 5.91 Å². The van der Waals surface area contributed by atoms with Crippen molar-refractivity contribution in [1.82, 2.24) is 9.80 Å². The van der Waals surface area contributed by atoms with Crippen LogP contribution in [0.5, 0.6) is 0 Å². The average molecular weight is 899 g/mol. The van der Waals surface area contributed by atoms with Crippen molar-refractivity contribution >= 4 is 28.6 Å². The van der Waals surface area contributed by atoms with E-state index < -0.39 is 11.7 Å². The van der Waals surface area contributed by atoms with Crippen molar-refractivity contribution < 1.29 is 23.1 Å². The van der Waals surface area contributed by atoms with Gasteiger partial charge in [-0.05, 0) is 125 Å². The minimum Gasteiger partial charge on any atom is -0.387 e. The SMILES string of the molecule is CC.CC.CCC(C)c1cc(C)cc(C(F)(F)F)c1NC.CCCC.CCCC(=O)Nc1cscc1CCC.CCCC(CCCCC(O)N1CCC(C)CC1)N1CCCCC1. The first-order valence-electron chi connectivity index (χ1n) is 25.1. The zero-order valence-corrected chi connectivity index (χ0v) is 43.3. The van der Waals surface area contributed by atoms with E-state index in [-0.39, 0.29) is 23.7 Å². The summed E-state index contributed by atoms with van der Waals surface area (Å²) in [5.74, 6) is 1.08. The number of hydrogen-bond donors (Lipinski definition) is 3. The molecule has 364 valence electrons. The van der Waals surface area contributed by atoms with Gasteiger partial charge in [-0.25, -0.2) is 0 Å². The minimum atomic E-state index is -4.31. The summed E-state index contributed by atoms with van der Waals surface area (Å²) in [6, 6.07) is 3.82. The second-order valence-electron chi connectivity index (χ2n) is 16.7. The van der Waals surface area contributed by atoms with Crippen molar-refractivity contribution in [1.29, 1.82) is 0 Å². The lowest BCUT2D eigenvalue weighted by molar-refractivity contribution is -0.137. The molecule has 0 aliphatic carbocycles. The lowest BCUT2D eigenvalue weighted by atomic mass is 9.92. The topological polar surface area (TPSA) is 67.8 Å². The molecule has 6 nitrogen and oxygen atoms in total. The van der Waals surface area contributed by atoms with Crippen LogP contribution >= 0.6 is 11.3 Å². The highest BCUT2D eigenvalue weighted by molar-refractivity contribution is 7.08. The van der Waals surface area contributed by atoms with Gasteiger partial charge in [0.15, 0.2) is 0 Å². The standard InChI is InChI=1S/C20H40N2O.C13H18F3N.C11H17NOS.C4H10.2C2H6/c1-3-9-19(21-14-7-4-8-15-21)10-5-6-11-20(23)22-16-12-18(2)13-17-22;1-5-9(3)10-6-8(2)7-11(12(10)17-4)13(14,15)16;1-3-5-9-7-14-8-10(9)12-11(13)6-4-2;1-3-4-2;2*1-2/h18-20,23H,3-17H2,1-2H3;6-7,9,17H,5H2,1-4H3;7-8H,3-6H2,1-2H3,(H,12,13);3-4H2,1-2H3;2*1-2H3. The molecule has 62 heavy (non-hydrogen) atoms. The molecule has 0 radical (unpaired) electrons. The van der Waals surface area contributed by atoms with Crippen LogP contribution in [0.15, 0.2) is 22.9 Å². The molecule has 2 aromatic rings. The van der Waals surface area contributed by atoms with Crippen LogP contribution in [0.3, 0.4) is 0 Å². The number of amides is 1.